The van der Waals surface area contributed by atoms with Crippen LogP contribution in [0.15, 0.2) is 29.4 Å². The third-order valence-corrected chi connectivity index (χ3v) is 1.90. The van der Waals surface area contributed by atoms with Crippen LogP contribution in [0.25, 0.3) is 16.5 Å². The van der Waals surface area contributed by atoms with Crippen molar-refractivity contribution in [1.29, 1.82) is 0 Å². The first-order valence-corrected chi connectivity index (χ1v) is 4.53. The molecule has 1 aromatic carbocycles. The maximum absolute atomic E-state index is 12.4. The van der Waals surface area contributed by atoms with Gasteiger partial charge in [0.1, 0.15) is 5.75 Å². The number of nitrogens with zero attached hydrogens (tertiary/aromatic N) is 3. The summed E-state index contributed by atoms with van der Waals surface area (Å²) in [5.74, 6) is -0.268. The van der Waals surface area contributed by atoms with Gasteiger partial charge >= 0.3 is 6.18 Å². The Morgan fingerprint density at radius 3 is 2.71 bits per heavy atom. The van der Waals surface area contributed by atoms with Gasteiger partial charge in [-0.25, -0.2) is 0 Å². The van der Waals surface area contributed by atoms with Crippen LogP contribution in [0.3, 0.4) is 0 Å². The Labute approximate surface area is 94.6 Å². The van der Waals surface area contributed by atoms with Crippen molar-refractivity contribution in [2.24, 2.45) is 5.11 Å². The number of hydrogen-bond donors (Lipinski definition) is 1. The average molecular weight is 243 g/mol. The van der Waals surface area contributed by atoms with E-state index < -0.39 is 11.7 Å². The topological polar surface area (TPSA) is 69.0 Å². The first kappa shape index (κ1) is 12.9. The number of alkyl halides is 3. The van der Waals surface area contributed by atoms with E-state index in [2.05, 4.69) is 10.0 Å². The monoisotopic (exact) mass is 243 g/mol. The Bertz CT molecular complexity index is 476. The average Bonchev–Trinajstić information content (AvgIpc) is 2.25. The number of rotatable bonds is 3. The lowest BCUT2D eigenvalue weighted by Gasteiger charge is -2.08. The molecular weight excluding hydrogens is 235 g/mol. The number of hydrogen-bond acceptors (Lipinski definition) is 2. The van der Waals surface area contributed by atoms with E-state index in [0.29, 0.717) is 0 Å². The normalized spacial score (nSPS) is 11.5. The van der Waals surface area contributed by atoms with Crippen molar-refractivity contribution in [3.05, 3.63) is 45.8 Å². The molecule has 7 heteroatoms. The van der Waals surface area contributed by atoms with Crippen LogP contribution in [0.4, 0.5) is 13.2 Å². The molecule has 0 amide bonds. The molecule has 0 heterocycles. The second-order valence-corrected chi connectivity index (χ2v) is 3.09. The largest absolute Gasteiger partial charge is 0.507 e. The number of benzene rings is 1. The number of halogens is 3. The molecule has 0 fully saturated rings. The molecule has 1 aromatic rings. The Balaban J connectivity index is 2.99. The molecule has 0 aliphatic heterocycles. The molecule has 0 saturated heterocycles. The Hall–Kier alpha value is -2.14. The summed E-state index contributed by atoms with van der Waals surface area (Å²) in [5.41, 5.74) is 7.17. The lowest BCUT2D eigenvalue weighted by Crippen LogP contribution is -2.04. The molecule has 0 bridgehead atoms. The molecular formula is C10H8F3N3O. The highest BCUT2D eigenvalue weighted by molar-refractivity contribution is 5.58. The fourth-order valence-corrected chi connectivity index (χ4v) is 1.13. The Morgan fingerprint density at radius 1 is 1.41 bits per heavy atom. The first-order valence-electron chi connectivity index (χ1n) is 4.53. The Morgan fingerprint density at radius 2 is 2.12 bits per heavy atom. The maximum atomic E-state index is 12.4. The van der Waals surface area contributed by atoms with Crippen molar-refractivity contribution in [2.75, 3.05) is 6.54 Å². The van der Waals surface area contributed by atoms with Gasteiger partial charge < -0.3 is 5.11 Å². The van der Waals surface area contributed by atoms with Gasteiger partial charge in [-0.15, -0.1) is 0 Å². The molecule has 0 saturated carbocycles. The van der Waals surface area contributed by atoms with Crippen LogP contribution in [0.1, 0.15) is 11.1 Å². The maximum Gasteiger partial charge on any atom is 0.416 e. The molecule has 1 N–H and O–H groups in total. The fraction of sp³-hybridized carbons (Fsp3) is 0.200. The second-order valence-electron chi connectivity index (χ2n) is 3.09. The minimum atomic E-state index is -4.46. The van der Waals surface area contributed by atoms with Crippen LogP contribution < -0.4 is 0 Å². The van der Waals surface area contributed by atoms with E-state index in [-0.39, 0.29) is 17.9 Å². The lowest BCUT2D eigenvalue weighted by atomic mass is 10.1. The van der Waals surface area contributed by atoms with Gasteiger partial charge in [0, 0.05) is 17.0 Å². The van der Waals surface area contributed by atoms with E-state index >= 15 is 0 Å². The van der Waals surface area contributed by atoms with Gasteiger partial charge in [0.25, 0.3) is 0 Å². The van der Waals surface area contributed by atoms with E-state index in [4.69, 9.17) is 5.53 Å². The van der Waals surface area contributed by atoms with Gasteiger partial charge in [-0.3, -0.25) is 0 Å². The summed E-state index contributed by atoms with van der Waals surface area (Å²) < 4.78 is 37.1. The van der Waals surface area contributed by atoms with Crippen LogP contribution in [0, 0.1) is 0 Å². The molecule has 0 aliphatic rings. The van der Waals surface area contributed by atoms with Gasteiger partial charge in [0.2, 0.25) is 0 Å². The second kappa shape index (κ2) is 5.27. The summed E-state index contributed by atoms with van der Waals surface area (Å²) in [4.78, 5) is 2.48. The van der Waals surface area contributed by atoms with Crippen LogP contribution in [-0.4, -0.2) is 11.7 Å². The zero-order valence-corrected chi connectivity index (χ0v) is 8.52. The highest BCUT2D eigenvalue weighted by Gasteiger charge is 2.30. The lowest BCUT2D eigenvalue weighted by molar-refractivity contribution is -0.137. The molecule has 0 aliphatic carbocycles. The van der Waals surface area contributed by atoms with Gasteiger partial charge in [-0.2, -0.15) is 13.2 Å². The first-order chi connectivity index (χ1) is 7.95. The van der Waals surface area contributed by atoms with Crippen LogP contribution in [0.5, 0.6) is 5.75 Å². The highest BCUT2D eigenvalue weighted by atomic mass is 19.4. The van der Waals surface area contributed by atoms with E-state index in [1.807, 2.05) is 0 Å². The third-order valence-electron chi connectivity index (χ3n) is 1.90. The molecule has 90 valence electrons. The standard InChI is InChI=1S/C10H8F3N3O/c11-10(12,13)8-3-4-9(17)7(6-8)2-1-5-15-16-14/h1-4,6,17H,5H2. The van der Waals surface area contributed by atoms with Crippen LogP contribution in [0.2, 0.25) is 0 Å². The van der Waals surface area contributed by atoms with Gasteiger partial charge in [-0.1, -0.05) is 17.3 Å². The van der Waals surface area contributed by atoms with Gasteiger partial charge in [0.05, 0.1) is 5.56 Å². The van der Waals surface area contributed by atoms with Crippen molar-refractivity contribution in [3.63, 3.8) is 0 Å². The predicted molar refractivity (Wildman–Crippen MR) is 56.2 cm³/mol. The highest BCUT2D eigenvalue weighted by Crippen LogP contribution is 2.32. The van der Waals surface area contributed by atoms with Crippen molar-refractivity contribution in [1.82, 2.24) is 0 Å². The van der Waals surface area contributed by atoms with Gasteiger partial charge in [-0.05, 0) is 23.7 Å². The van der Waals surface area contributed by atoms with Crippen molar-refractivity contribution < 1.29 is 18.3 Å². The molecule has 0 unspecified atom stereocenters. The number of aromatic hydroxyl groups is 1. The van der Waals surface area contributed by atoms with Crippen LogP contribution >= 0.6 is 0 Å². The molecule has 0 spiro atoms. The minimum Gasteiger partial charge on any atom is -0.507 e. The van der Waals surface area contributed by atoms with Gasteiger partial charge in [0.15, 0.2) is 0 Å². The zero-order valence-electron chi connectivity index (χ0n) is 8.52. The molecule has 0 aromatic heterocycles. The Kier molecular flexibility index (Phi) is 4.01. The molecule has 1 rings (SSSR count). The SMILES string of the molecule is [N-]=[N+]=NCC=Cc1cc(C(F)(F)F)ccc1O. The smallest absolute Gasteiger partial charge is 0.416 e. The summed E-state index contributed by atoms with van der Waals surface area (Å²) in [7, 11) is 0. The summed E-state index contributed by atoms with van der Waals surface area (Å²) in [6.45, 7) is 0.00614. The molecule has 4 nitrogen and oxygen atoms in total. The predicted octanol–water partition coefficient (Wildman–Crippen LogP) is 3.73. The van der Waals surface area contributed by atoms with Crippen LogP contribution in [-0.2, 0) is 6.18 Å². The van der Waals surface area contributed by atoms with Crippen molar-refractivity contribution >= 4 is 6.08 Å². The molecule has 0 radical (unpaired) electrons. The number of phenols is 1. The molecule has 17 heavy (non-hydrogen) atoms. The third kappa shape index (κ3) is 3.73. The summed E-state index contributed by atoms with van der Waals surface area (Å²) in [6.07, 6.45) is -1.84. The van der Waals surface area contributed by atoms with E-state index in [0.717, 1.165) is 18.2 Å². The fourth-order valence-electron chi connectivity index (χ4n) is 1.13. The summed E-state index contributed by atoms with van der Waals surface area (Å²) in [5, 5.41) is 12.5. The zero-order chi connectivity index (χ0) is 12.9. The summed E-state index contributed by atoms with van der Waals surface area (Å²) >= 11 is 0. The van der Waals surface area contributed by atoms with Crippen molar-refractivity contribution in [3.8, 4) is 5.75 Å². The molecule has 0 atom stereocenters. The number of phenolic OH excluding ortho intramolecular Hbond substituents is 1. The van der Waals surface area contributed by atoms with E-state index in [1.165, 1.54) is 12.2 Å². The quantitative estimate of drug-likeness (QED) is 0.490. The van der Waals surface area contributed by atoms with E-state index in [9.17, 15) is 18.3 Å². The van der Waals surface area contributed by atoms with Crippen molar-refractivity contribution in [2.45, 2.75) is 6.18 Å². The minimum absolute atomic E-state index is 0.00614. The number of azide groups is 1. The summed E-state index contributed by atoms with van der Waals surface area (Å²) in [6, 6.07) is 2.58. The van der Waals surface area contributed by atoms with E-state index in [1.54, 1.807) is 0 Å².